The molecule has 4 rings (SSSR count). The van der Waals surface area contributed by atoms with Crippen LogP contribution in [0.1, 0.15) is 42.7 Å². The summed E-state index contributed by atoms with van der Waals surface area (Å²) in [7, 11) is 1.57. The quantitative estimate of drug-likeness (QED) is 0.465. The fourth-order valence-corrected chi connectivity index (χ4v) is 6.46. The van der Waals surface area contributed by atoms with Crippen LogP contribution in [0.3, 0.4) is 0 Å². The van der Waals surface area contributed by atoms with Crippen molar-refractivity contribution in [3.05, 3.63) is 68.7 Å². The van der Waals surface area contributed by atoms with Gasteiger partial charge >= 0.3 is 0 Å². The van der Waals surface area contributed by atoms with Gasteiger partial charge in [-0.1, -0.05) is 53.0 Å². The van der Waals surface area contributed by atoms with Gasteiger partial charge in [0.1, 0.15) is 12.1 Å². The zero-order valence-electron chi connectivity index (χ0n) is 19.7. The first-order valence-corrected chi connectivity index (χ1v) is 12.8. The summed E-state index contributed by atoms with van der Waals surface area (Å²) in [5, 5.41) is 7.95. The third kappa shape index (κ3) is 5.32. The topological polar surface area (TPSA) is 76.7 Å². The largest absolute Gasteiger partial charge is 0.382 e. The van der Waals surface area contributed by atoms with Crippen LogP contribution in [0.4, 0.5) is 0 Å². The molecule has 2 aromatic rings. The first-order valence-electron chi connectivity index (χ1n) is 11.7. The molecule has 5 atom stereocenters. The predicted octanol–water partition coefficient (Wildman–Crippen LogP) is 4.96. The van der Waals surface area contributed by atoms with Crippen LogP contribution in [0, 0.1) is 5.92 Å². The smallest absolute Gasteiger partial charge is 0.246 e. The van der Waals surface area contributed by atoms with Gasteiger partial charge in [-0.15, -0.1) is 0 Å². The number of hydrogen-bond donors (Lipinski definition) is 2. The molecule has 1 heterocycles. The average Bonchev–Trinajstić information content (AvgIpc) is 3.06. The number of halogens is 3. The normalized spacial score (nSPS) is 27.9. The van der Waals surface area contributed by atoms with Crippen LogP contribution < -0.4 is 10.6 Å². The number of methoxy groups -OCH3 is 1. The van der Waals surface area contributed by atoms with Crippen LogP contribution in [0.25, 0.3) is 0 Å². The molecule has 1 saturated heterocycles. The molecule has 2 aliphatic rings. The SMILES string of the molecule is COCCOCC(=O)N[C@@]12CC[C@@H](c3ccc(Cl)cc3Cl)[C@H](c3ccc(Cl)cc3)[C@@H]1[C@@H](C)NC2=O. The van der Waals surface area contributed by atoms with E-state index in [-0.39, 0.29) is 42.2 Å². The first kappa shape index (κ1) is 26.2. The van der Waals surface area contributed by atoms with Crippen molar-refractivity contribution in [1.82, 2.24) is 10.6 Å². The maximum absolute atomic E-state index is 13.4. The standard InChI is InChI=1S/C26H29Cl3N2O4/c1-15-24-23(16-3-5-17(27)6-4-16)20(19-8-7-18(28)13-21(19)29)9-10-26(24,25(33)30-15)31-22(32)14-35-12-11-34-2/h3-8,13,15,20,23-24H,9-12,14H2,1-2H3,(H,30,33)(H,31,32)/t15-,20+,23+,24+,26+/m1/s1. The van der Waals surface area contributed by atoms with Crippen molar-refractivity contribution in [2.45, 2.75) is 43.2 Å². The predicted molar refractivity (Wildman–Crippen MR) is 137 cm³/mol. The Morgan fingerprint density at radius 2 is 1.83 bits per heavy atom. The van der Waals surface area contributed by atoms with E-state index in [1.807, 2.05) is 43.3 Å². The molecule has 1 aliphatic heterocycles. The lowest BCUT2D eigenvalue weighted by atomic mass is 9.58. The van der Waals surface area contributed by atoms with Gasteiger partial charge in [-0.2, -0.15) is 0 Å². The number of fused-ring (bicyclic) bond motifs is 1. The Labute approximate surface area is 220 Å². The van der Waals surface area contributed by atoms with Crippen molar-refractivity contribution in [1.29, 1.82) is 0 Å². The van der Waals surface area contributed by atoms with E-state index >= 15 is 0 Å². The Hall–Kier alpha value is -1.83. The van der Waals surface area contributed by atoms with E-state index in [0.29, 0.717) is 41.1 Å². The number of rotatable bonds is 8. The fraction of sp³-hybridized carbons (Fsp3) is 0.462. The second kappa shape index (κ2) is 11.1. The van der Waals surface area contributed by atoms with Crippen LogP contribution in [0.5, 0.6) is 0 Å². The van der Waals surface area contributed by atoms with Crippen molar-refractivity contribution in [3.63, 3.8) is 0 Å². The molecule has 0 aromatic heterocycles. The van der Waals surface area contributed by atoms with Crippen LogP contribution in [0.2, 0.25) is 15.1 Å². The lowest BCUT2D eigenvalue weighted by molar-refractivity contribution is -0.136. The van der Waals surface area contributed by atoms with Gasteiger partial charge in [0, 0.05) is 34.1 Å². The number of benzene rings is 2. The molecule has 2 aromatic carbocycles. The fourth-order valence-electron chi connectivity index (χ4n) is 5.78. The van der Waals surface area contributed by atoms with Gasteiger partial charge in [0.05, 0.1) is 13.2 Å². The van der Waals surface area contributed by atoms with Gasteiger partial charge in [-0.25, -0.2) is 0 Å². The molecule has 188 valence electrons. The minimum atomic E-state index is -1.05. The highest BCUT2D eigenvalue weighted by Crippen LogP contribution is 2.55. The molecule has 0 bridgehead atoms. The average molecular weight is 540 g/mol. The molecule has 0 spiro atoms. The van der Waals surface area contributed by atoms with E-state index in [4.69, 9.17) is 44.3 Å². The summed E-state index contributed by atoms with van der Waals surface area (Å²) >= 11 is 19.0. The third-order valence-electron chi connectivity index (χ3n) is 7.19. The summed E-state index contributed by atoms with van der Waals surface area (Å²) in [6, 6.07) is 13.1. The number of ether oxygens (including phenoxy) is 2. The number of hydrogen-bond acceptors (Lipinski definition) is 4. The Bertz CT molecular complexity index is 1080. The van der Waals surface area contributed by atoms with E-state index < -0.39 is 5.54 Å². The van der Waals surface area contributed by atoms with E-state index in [2.05, 4.69) is 10.6 Å². The first-order chi connectivity index (χ1) is 16.8. The van der Waals surface area contributed by atoms with Gasteiger partial charge < -0.3 is 20.1 Å². The lowest BCUT2D eigenvalue weighted by Gasteiger charge is -2.48. The van der Waals surface area contributed by atoms with E-state index in [9.17, 15) is 9.59 Å². The van der Waals surface area contributed by atoms with Crippen molar-refractivity contribution >= 4 is 46.6 Å². The maximum Gasteiger partial charge on any atom is 0.246 e. The van der Waals surface area contributed by atoms with E-state index in [1.54, 1.807) is 13.2 Å². The highest BCUT2D eigenvalue weighted by atomic mass is 35.5. The highest BCUT2D eigenvalue weighted by Gasteiger charge is 2.61. The number of carbonyl (C=O) groups excluding carboxylic acids is 2. The van der Waals surface area contributed by atoms with Crippen LogP contribution in [-0.4, -0.2) is 50.3 Å². The van der Waals surface area contributed by atoms with Crippen molar-refractivity contribution in [3.8, 4) is 0 Å². The number of carbonyl (C=O) groups is 2. The Morgan fingerprint density at radius 1 is 1.11 bits per heavy atom. The van der Waals surface area contributed by atoms with Gasteiger partial charge in [0.15, 0.2) is 0 Å². The molecular weight excluding hydrogens is 511 g/mol. The van der Waals surface area contributed by atoms with Crippen molar-refractivity contribution in [2.75, 3.05) is 26.9 Å². The molecule has 1 saturated carbocycles. The molecule has 2 fully saturated rings. The molecule has 35 heavy (non-hydrogen) atoms. The summed E-state index contributed by atoms with van der Waals surface area (Å²) in [6.07, 6.45) is 1.13. The highest BCUT2D eigenvalue weighted by molar-refractivity contribution is 6.35. The summed E-state index contributed by atoms with van der Waals surface area (Å²) in [6.45, 7) is 2.53. The van der Waals surface area contributed by atoms with E-state index in [0.717, 1.165) is 11.1 Å². The van der Waals surface area contributed by atoms with Gasteiger partial charge in [0.2, 0.25) is 11.8 Å². The van der Waals surface area contributed by atoms with E-state index in [1.165, 1.54) is 0 Å². The number of amides is 2. The molecule has 6 nitrogen and oxygen atoms in total. The number of nitrogens with one attached hydrogen (secondary N) is 2. The van der Waals surface area contributed by atoms with Gasteiger partial charge in [-0.05, 0) is 67.0 Å². The molecule has 9 heteroatoms. The van der Waals surface area contributed by atoms with Crippen LogP contribution >= 0.6 is 34.8 Å². The Morgan fingerprint density at radius 3 is 2.51 bits per heavy atom. The molecular formula is C26H29Cl3N2O4. The van der Waals surface area contributed by atoms with Crippen LogP contribution in [0.15, 0.2) is 42.5 Å². The Kier molecular flexibility index (Phi) is 8.29. The monoisotopic (exact) mass is 538 g/mol. The second-order valence-corrected chi connectivity index (χ2v) is 10.5. The van der Waals surface area contributed by atoms with Crippen LogP contribution in [-0.2, 0) is 19.1 Å². The second-order valence-electron chi connectivity index (χ2n) is 9.24. The third-order valence-corrected chi connectivity index (χ3v) is 8.00. The molecule has 2 N–H and O–H groups in total. The summed E-state index contributed by atoms with van der Waals surface area (Å²) in [4.78, 5) is 26.3. The summed E-state index contributed by atoms with van der Waals surface area (Å²) in [5.41, 5.74) is 0.958. The zero-order chi connectivity index (χ0) is 25.2. The molecule has 0 radical (unpaired) electrons. The molecule has 1 aliphatic carbocycles. The van der Waals surface area contributed by atoms with Gasteiger partial charge in [-0.3, -0.25) is 9.59 Å². The lowest BCUT2D eigenvalue weighted by Crippen LogP contribution is -2.61. The maximum atomic E-state index is 13.4. The van der Waals surface area contributed by atoms with Crippen molar-refractivity contribution in [2.24, 2.45) is 5.92 Å². The summed E-state index contributed by atoms with van der Waals surface area (Å²) in [5.74, 6) is -0.801. The molecule has 2 amide bonds. The minimum absolute atomic E-state index is 0.0177. The Balaban J connectivity index is 1.73. The van der Waals surface area contributed by atoms with Gasteiger partial charge in [0.25, 0.3) is 0 Å². The van der Waals surface area contributed by atoms with Crippen molar-refractivity contribution < 1.29 is 19.1 Å². The zero-order valence-corrected chi connectivity index (χ0v) is 21.9. The minimum Gasteiger partial charge on any atom is -0.382 e. The summed E-state index contributed by atoms with van der Waals surface area (Å²) < 4.78 is 10.4. The molecule has 0 unspecified atom stereocenters.